The van der Waals surface area contributed by atoms with Gasteiger partial charge in [-0.1, -0.05) is 60.1 Å². The van der Waals surface area contributed by atoms with Crippen LogP contribution in [0.1, 0.15) is 11.5 Å². The van der Waals surface area contributed by atoms with Gasteiger partial charge in [-0.2, -0.15) is 0 Å². The van der Waals surface area contributed by atoms with Crippen LogP contribution in [0.2, 0.25) is 0 Å². The van der Waals surface area contributed by atoms with Crippen molar-refractivity contribution in [3.63, 3.8) is 0 Å². The Morgan fingerprint density at radius 1 is 0.900 bits per heavy atom. The van der Waals surface area contributed by atoms with Crippen LogP contribution in [0.4, 0.5) is 0 Å². The first-order valence-electron chi connectivity index (χ1n) is 6.14. The Balaban J connectivity index is 1.89. The fourth-order valence-corrected chi connectivity index (χ4v) is 1.98. The van der Waals surface area contributed by atoms with E-state index in [0.29, 0.717) is 16.8 Å². The van der Waals surface area contributed by atoms with Crippen LogP contribution < -0.4 is 0 Å². The maximum absolute atomic E-state index is 6.21. The summed E-state index contributed by atoms with van der Waals surface area (Å²) in [5.74, 6) is 0.773. The van der Waals surface area contributed by atoms with Gasteiger partial charge in [0.25, 0.3) is 5.89 Å². The highest BCUT2D eigenvalue weighted by molar-refractivity contribution is 6.50. The van der Waals surface area contributed by atoms with Crippen LogP contribution in [0.15, 0.2) is 65.1 Å². The Hall–Kier alpha value is -2.39. The third-order valence-electron chi connectivity index (χ3n) is 2.74. The molecule has 0 aliphatic carbocycles. The molecule has 0 fully saturated rings. The molecule has 0 unspecified atom stereocenters. The van der Waals surface area contributed by atoms with E-state index in [9.17, 15) is 0 Å². The van der Waals surface area contributed by atoms with Gasteiger partial charge < -0.3 is 4.42 Å². The summed E-state index contributed by atoms with van der Waals surface area (Å²) >= 11 is 6.21. The molecule has 0 atom stereocenters. The lowest BCUT2D eigenvalue weighted by Gasteiger charge is -1.94. The maximum Gasteiger partial charge on any atom is 0.259 e. The van der Waals surface area contributed by atoms with E-state index in [1.54, 1.807) is 6.08 Å². The summed E-state index contributed by atoms with van der Waals surface area (Å²) in [6, 6.07) is 19.3. The summed E-state index contributed by atoms with van der Waals surface area (Å²) in [6.07, 6.45) is 1.80. The zero-order valence-electron chi connectivity index (χ0n) is 10.5. The minimum Gasteiger partial charge on any atom is -0.415 e. The molecule has 20 heavy (non-hydrogen) atoms. The second-order valence-electron chi connectivity index (χ2n) is 4.18. The lowest BCUT2D eigenvalue weighted by Crippen LogP contribution is -1.77. The molecule has 4 heteroatoms. The van der Waals surface area contributed by atoms with Gasteiger partial charge in [0, 0.05) is 5.56 Å². The highest BCUT2D eigenvalue weighted by Gasteiger charge is 2.10. The number of rotatable bonds is 3. The zero-order valence-corrected chi connectivity index (χ0v) is 11.3. The summed E-state index contributed by atoms with van der Waals surface area (Å²) in [6.45, 7) is 0. The standard InChI is InChI=1S/C16H11ClN2O/c17-14(11-12-7-3-1-4-8-12)16-19-18-15(20-16)13-9-5-2-6-10-13/h1-11H/b14-11-. The molecule has 0 bridgehead atoms. The summed E-state index contributed by atoms with van der Waals surface area (Å²) in [5.41, 5.74) is 1.85. The predicted molar refractivity (Wildman–Crippen MR) is 79.9 cm³/mol. The minimum atomic E-state index is 0.314. The van der Waals surface area contributed by atoms with Crippen molar-refractivity contribution in [2.45, 2.75) is 0 Å². The monoisotopic (exact) mass is 282 g/mol. The zero-order chi connectivity index (χ0) is 13.8. The van der Waals surface area contributed by atoms with Gasteiger partial charge >= 0.3 is 0 Å². The molecule has 0 radical (unpaired) electrons. The van der Waals surface area contributed by atoms with E-state index in [2.05, 4.69) is 10.2 Å². The molecular formula is C16H11ClN2O. The highest BCUT2D eigenvalue weighted by atomic mass is 35.5. The number of hydrogen-bond acceptors (Lipinski definition) is 3. The van der Waals surface area contributed by atoms with Gasteiger partial charge in [0.2, 0.25) is 5.89 Å². The van der Waals surface area contributed by atoms with E-state index in [1.165, 1.54) is 0 Å². The number of halogens is 1. The van der Waals surface area contributed by atoms with E-state index in [0.717, 1.165) is 11.1 Å². The number of hydrogen-bond donors (Lipinski definition) is 0. The summed E-state index contributed by atoms with van der Waals surface area (Å²) in [7, 11) is 0. The molecule has 3 nitrogen and oxygen atoms in total. The van der Waals surface area contributed by atoms with Crippen LogP contribution in [0.25, 0.3) is 22.6 Å². The van der Waals surface area contributed by atoms with Crippen molar-refractivity contribution in [1.29, 1.82) is 0 Å². The molecule has 98 valence electrons. The highest BCUT2D eigenvalue weighted by Crippen LogP contribution is 2.24. The van der Waals surface area contributed by atoms with Crippen LogP contribution in [-0.4, -0.2) is 10.2 Å². The molecule has 3 rings (SSSR count). The SMILES string of the molecule is Cl/C(=C\c1ccccc1)c1nnc(-c2ccccc2)o1. The van der Waals surface area contributed by atoms with Crippen LogP contribution in [0.3, 0.4) is 0 Å². The molecule has 0 aliphatic rings. The lowest BCUT2D eigenvalue weighted by molar-refractivity contribution is 0.556. The molecule has 3 aromatic rings. The van der Waals surface area contributed by atoms with Crippen molar-refractivity contribution < 1.29 is 4.42 Å². The van der Waals surface area contributed by atoms with Crippen LogP contribution in [-0.2, 0) is 0 Å². The number of aromatic nitrogens is 2. The van der Waals surface area contributed by atoms with Crippen molar-refractivity contribution in [2.24, 2.45) is 0 Å². The Kier molecular flexibility index (Phi) is 3.61. The van der Waals surface area contributed by atoms with Crippen molar-refractivity contribution >= 4 is 22.7 Å². The summed E-state index contributed by atoms with van der Waals surface area (Å²) in [4.78, 5) is 0. The number of nitrogens with zero attached hydrogens (tertiary/aromatic N) is 2. The topological polar surface area (TPSA) is 38.9 Å². The van der Waals surface area contributed by atoms with E-state index in [-0.39, 0.29) is 0 Å². The van der Waals surface area contributed by atoms with Crippen molar-refractivity contribution in [2.75, 3.05) is 0 Å². The van der Waals surface area contributed by atoms with Gasteiger partial charge in [0.05, 0.1) is 0 Å². The molecule has 0 saturated heterocycles. The van der Waals surface area contributed by atoms with Gasteiger partial charge in [-0.05, 0) is 23.8 Å². The average Bonchev–Trinajstić information content (AvgIpc) is 2.99. The fourth-order valence-electron chi connectivity index (χ4n) is 1.77. The third kappa shape index (κ3) is 2.78. The second kappa shape index (κ2) is 5.72. The largest absolute Gasteiger partial charge is 0.415 e. The van der Waals surface area contributed by atoms with E-state index in [1.807, 2.05) is 60.7 Å². The Morgan fingerprint density at radius 3 is 2.25 bits per heavy atom. The summed E-state index contributed by atoms with van der Waals surface area (Å²) < 4.78 is 5.58. The molecule has 0 saturated carbocycles. The lowest BCUT2D eigenvalue weighted by atomic mass is 10.2. The first-order valence-corrected chi connectivity index (χ1v) is 6.52. The predicted octanol–water partition coefficient (Wildman–Crippen LogP) is 4.47. The number of benzene rings is 2. The minimum absolute atomic E-state index is 0.314. The van der Waals surface area contributed by atoms with E-state index < -0.39 is 0 Å². The second-order valence-corrected chi connectivity index (χ2v) is 4.59. The quantitative estimate of drug-likeness (QED) is 0.711. The Morgan fingerprint density at radius 2 is 1.55 bits per heavy atom. The van der Waals surface area contributed by atoms with Crippen LogP contribution >= 0.6 is 11.6 Å². The van der Waals surface area contributed by atoms with Gasteiger partial charge in [0.15, 0.2) is 0 Å². The van der Waals surface area contributed by atoms with E-state index >= 15 is 0 Å². The van der Waals surface area contributed by atoms with Crippen molar-refractivity contribution in [3.8, 4) is 11.5 Å². The fraction of sp³-hybridized carbons (Fsp3) is 0. The first kappa shape index (κ1) is 12.6. The van der Waals surface area contributed by atoms with Crippen LogP contribution in [0, 0.1) is 0 Å². The van der Waals surface area contributed by atoms with Crippen molar-refractivity contribution in [3.05, 3.63) is 72.1 Å². The third-order valence-corrected chi connectivity index (χ3v) is 3.01. The van der Waals surface area contributed by atoms with Gasteiger partial charge in [-0.15, -0.1) is 10.2 Å². The van der Waals surface area contributed by atoms with Gasteiger partial charge in [-0.25, -0.2) is 0 Å². The molecule has 1 aromatic heterocycles. The van der Waals surface area contributed by atoms with Gasteiger partial charge in [-0.3, -0.25) is 0 Å². The smallest absolute Gasteiger partial charge is 0.259 e. The van der Waals surface area contributed by atoms with Gasteiger partial charge in [0.1, 0.15) is 5.03 Å². The molecule has 2 aromatic carbocycles. The van der Waals surface area contributed by atoms with E-state index in [4.69, 9.17) is 16.0 Å². The molecule has 1 heterocycles. The summed E-state index contributed by atoms with van der Waals surface area (Å²) in [5, 5.41) is 8.40. The molecule has 0 amide bonds. The first-order chi connectivity index (χ1) is 9.83. The van der Waals surface area contributed by atoms with Crippen LogP contribution in [0.5, 0.6) is 0 Å². The molecular weight excluding hydrogens is 272 g/mol. The van der Waals surface area contributed by atoms with Crippen molar-refractivity contribution in [1.82, 2.24) is 10.2 Å². The molecule has 0 N–H and O–H groups in total. The average molecular weight is 283 g/mol. The molecule has 0 aliphatic heterocycles. The Bertz CT molecular complexity index is 721. The normalized spacial score (nSPS) is 11.6. The maximum atomic E-state index is 6.21. The Labute approximate surface area is 121 Å². The molecule has 0 spiro atoms.